The van der Waals surface area contributed by atoms with Gasteiger partial charge in [-0.15, -0.1) is 0 Å². The van der Waals surface area contributed by atoms with Crippen LogP contribution < -0.4 is 21.6 Å². The Balaban J connectivity index is 1.51. The first-order chi connectivity index (χ1) is 13.9. The van der Waals surface area contributed by atoms with E-state index in [1.54, 1.807) is 16.2 Å². The van der Waals surface area contributed by atoms with Gasteiger partial charge >= 0.3 is 5.69 Å². The third-order valence-corrected chi connectivity index (χ3v) is 7.16. The van der Waals surface area contributed by atoms with E-state index in [1.807, 2.05) is 12.1 Å². The highest BCUT2D eigenvalue weighted by atomic mass is 16.2. The Hall–Kier alpha value is -2.61. The molecule has 2 amide bonds. The summed E-state index contributed by atoms with van der Waals surface area (Å²) in [5, 5.41) is 2.36. The first-order valence-electron chi connectivity index (χ1n) is 10.4. The smallest absolute Gasteiger partial charge is 0.329 e. The highest BCUT2D eigenvalue weighted by Gasteiger charge is 2.44. The van der Waals surface area contributed by atoms with Gasteiger partial charge in [0.15, 0.2) is 0 Å². The molecule has 3 fully saturated rings. The van der Waals surface area contributed by atoms with E-state index in [9.17, 15) is 14.4 Å². The minimum atomic E-state index is -0.653. The summed E-state index contributed by atoms with van der Waals surface area (Å²) in [5.74, 6) is -0.680. The number of amides is 2. The molecule has 154 valence electrons. The molecule has 29 heavy (non-hydrogen) atoms. The van der Waals surface area contributed by atoms with E-state index in [2.05, 4.69) is 16.3 Å². The molecule has 3 heterocycles. The van der Waals surface area contributed by atoms with Crippen molar-refractivity contribution in [3.63, 3.8) is 0 Å². The van der Waals surface area contributed by atoms with Crippen LogP contribution in [-0.4, -0.2) is 40.1 Å². The Morgan fingerprint density at radius 3 is 2.52 bits per heavy atom. The van der Waals surface area contributed by atoms with Gasteiger partial charge in [0.05, 0.1) is 16.7 Å². The molecule has 1 aromatic heterocycles. The maximum atomic E-state index is 13.1. The molecule has 3 aliphatic rings. The lowest BCUT2D eigenvalue weighted by Gasteiger charge is -2.51. The number of anilines is 1. The van der Waals surface area contributed by atoms with Gasteiger partial charge in [0.2, 0.25) is 11.8 Å². The molecular formula is C21H27N5O3. The number of aryl methyl sites for hydroxylation is 1. The largest absolute Gasteiger partial charge is 0.370 e. The predicted molar refractivity (Wildman–Crippen MR) is 110 cm³/mol. The number of hydrogen-bond acceptors (Lipinski definition) is 5. The second-order valence-corrected chi connectivity index (χ2v) is 8.98. The van der Waals surface area contributed by atoms with Gasteiger partial charge in [-0.2, -0.15) is 0 Å². The second-order valence-electron chi connectivity index (χ2n) is 8.98. The number of piperidine rings is 2. The Kier molecular flexibility index (Phi) is 4.10. The van der Waals surface area contributed by atoms with Crippen LogP contribution in [0.1, 0.15) is 44.6 Å². The average molecular weight is 397 g/mol. The van der Waals surface area contributed by atoms with Crippen LogP contribution in [0.3, 0.4) is 0 Å². The third-order valence-electron chi connectivity index (χ3n) is 7.16. The van der Waals surface area contributed by atoms with Crippen LogP contribution >= 0.6 is 0 Å². The van der Waals surface area contributed by atoms with Crippen molar-refractivity contribution in [1.29, 1.82) is 0 Å². The summed E-state index contributed by atoms with van der Waals surface area (Å²) in [5.41, 5.74) is 8.85. The van der Waals surface area contributed by atoms with Gasteiger partial charge in [0.25, 0.3) is 0 Å². The van der Waals surface area contributed by atoms with E-state index in [0.717, 1.165) is 55.5 Å². The molecule has 0 bridgehead atoms. The number of nitrogens with zero attached hydrogens (tertiary/aromatic N) is 3. The van der Waals surface area contributed by atoms with Crippen LogP contribution in [0.5, 0.6) is 0 Å². The summed E-state index contributed by atoms with van der Waals surface area (Å²) >= 11 is 0. The Bertz CT molecular complexity index is 1050. The number of carbonyl (C=O) groups excluding carboxylic acids is 2. The van der Waals surface area contributed by atoms with Crippen LogP contribution in [-0.2, 0) is 16.6 Å². The first kappa shape index (κ1) is 18.4. The summed E-state index contributed by atoms with van der Waals surface area (Å²) in [7, 11) is 1.76. The fraction of sp³-hybridized carbons (Fsp3) is 0.571. The van der Waals surface area contributed by atoms with E-state index in [0.29, 0.717) is 17.9 Å². The number of benzene rings is 1. The Labute approximate surface area is 168 Å². The number of hydrogen-bond donors (Lipinski definition) is 2. The average Bonchev–Trinajstić information content (AvgIpc) is 2.93. The van der Waals surface area contributed by atoms with Crippen LogP contribution in [0, 0.1) is 5.41 Å². The van der Waals surface area contributed by atoms with Crippen molar-refractivity contribution in [1.82, 2.24) is 14.5 Å². The molecule has 1 unspecified atom stereocenters. The van der Waals surface area contributed by atoms with Gasteiger partial charge in [-0.3, -0.25) is 24.0 Å². The Morgan fingerprint density at radius 1 is 1.14 bits per heavy atom. The van der Waals surface area contributed by atoms with E-state index < -0.39 is 11.9 Å². The fourth-order valence-electron chi connectivity index (χ4n) is 5.59. The molecule has 1 atom stereocenters. The van der Waals surface area contributed by atoms with E-state index in [-0.39, 0.29) is 18.0 Å². The van der Waals surface area contributed by atoms with Crippen LogP contribution in [0.15, 0.2) is 23.0 Å². The molecule has 8 heteroatoms. The molecule has 1 aromatic carbocycles. The quantitative estimate of drug-likeness (QED) is 0.737. The van der Waals surface area contributed by atoms with E-state index in [1.165, 1.54) is 0 Å². The second kappa shape index (κ2) is 6.45. The molecule has 1 saturated carbocycles. The summed E-state index contributed by atoms with van der Waals surface area (Å²) in [6.45, 7) is 1.90. The zero-order valence-electron chi connectivity index (χ0n) is 16.7. The number of para-hydroxylation sites is 1. The highest BCUT2D eigenvalue weighted by molar-refractivity contribution is 6.00. The van der Waals surface area contributed by atoms with Gasteiger partial charge in [0.1, 0.15) is 6.04 Å². The van der Waals surface area contributed by atoms with Gasteiger partial charge in [0, 0.05) is 32.6 Å². The fourth-order valence-corrected chi connectivity index (χ4v) is 5.59. The minimum absolute atomic E-state index is 0.222. The number of nitrogens with one attached hydrogen (secondary N) is 1. The molecule has 1 aliphatic carbocycles. The molecule has 2 aromatic rings. The predicted octanol–water partition coefficient (Wildman–Crippen LogP) is 1.03. The lowest BCUT2D eigenvalue weighted by molar-refractivity contribution is -0.135. The number of imidazole rings is 1. The molecule has 2 saturated heterocycles. The lowest BCUT2D eigenvalue weighted by atomic mass is 9.60. The van der Waals surface area contributed by atoms with Crippen molar-refractivity contribution in [2.24, 2.45) is 18.2 Å². The third kappa shape index (κ3) is 2.80. The molecule has 1 spiro atoms. The van der Waals surface area contributed by atoms with Crippen LogP contribution in [0.2, 0.25) is 0 Å². The summed E-state index contributed by atoms with van der Waals surface area (Å²) < 4.78 is 3.19. The van der Waals surface area contributed by atoms with Crippen LogP contribution in [0.4, 0.5) is 5.69 Å². The van der Waals surface area contributed by atoms with Gasteiger partial charge < -0.3 is 10.6 Å². The number of imide groups is 1. The number of carbonyl (C=O) groups is 2. The summed E-state index contributed by atoms with van der Waals surface area (Å²) in [6, 6.07) is 5.60. The van der Waals surface area contributed by atoms with Crippen molar-refractivity contribution in [2.75, 3.05) is 18.0 Å². The molecule has 0 radical (unpaired) electrons. The number of nitrogens with two attached hydrogens (primary N) is 1. The summed E-state index contributed by atoms with van der Waals surface area (Å²) in [4.78, 5) is 39.4. The number of fused-ring (bicyclic) bond motifs is 1. The first-order valence-corrected chi connectivity index (χ1v) is 10.4. The molecule has 2 aliphatic heterocycles. The summed E-state index contributed by atoms with van der Waals surface area (Å²) in [6.07, 6.45) is 5.08. The lowest BCUT2D eigenvalue weighted by Crippen LogP contribution is -2.52. The van der Waals surface area contributed by atoms with Crippen molar-refractivity contribution >= 4 is 28.5 Å². The monoisotopic (exact) mass is 397 g/mol. The van der Waals surface area contributed by atoms with Crippen molar-refractivity contribution in [3.05, 3.63) is 28.7 Å². The van der Waals surface area contributed by atoms with Gasteiger partial charge in [-0.05, 0) is 49.7 Å². The number of rotatable bonds is 2. The van der Waals surface area contributed by atoms with Gasteiger partial charge in [-0.1, -0.05) is 6.07 Å². The Morgan fingerprint density at radius 2 is 1.86 bits per heavy atom. The molecule has 5 rings (SSSR count). The maximum Gasteiger partial charge on any atom is 0.329 e. The van der Waals surface area contributed by atoms with E-state index >= 15 is 0 Å². The highest BCUT2D eigenvalue weighted by Crippen LogP contribution is 2.49. The number of aromatic nitrogens is 2. The van der Waals surface area contributed by atoms with Gasteiger partial charge in [-0.25, -0.2) is 4.79 Å². The molecule has 8 nitrogen and oxygen atoms in total. The SMILES string of the molecule is Cn1c(=O)n(C2CCC(=O)NC2=O)c2cccc(N3CCC4(CC3)CC(N)C4)c21. The zero-order chi connectivity index (χ0) is 20.3. The van der Waals surface area contributed by atoms with Crippen molar-refractivity contribution < 1.29 is 9.59 Å². The zero-order valence-corrected chi connectivity index (χ0v) is 16.7. The molecular weight excluding hydrogens is 370 g/mol. The topological polar surface area (TPSA) is 102 Å². The van der Waals surface area contributed by atoms with E-state index in [4.69, 9.17) is 5.73 Å². The normalized spacial score (nSPS) is 24.8. The van der Waals surface area contributed by atoms with Crippen molar-refractivity contribution in [3.8, 4) is 0 Å². The van der Waals surface area contributed by atoms with Crippen LogP contribution in [0.25, 0.3) is 11.0 Å². The maximum absolute atomic E-state index is 13.1. The minimum Gasteiger partial charge on any atom is -0.370 e. The van der Waals surface area contributed by atoms with Crippen molar-refractivity contribution in [2.45, 2.75) is 50.6 Å². The standard InChI is InChI=1S/C21H27N5O3/c1-24-18-14(25-9-7-21(8-10-25)11-13(22)12-21)3-2-4-15(18)26(20(24)29)16-5-6-17(27)23-19(16)28/h2-4,13,16H,5-12,22H2,1H3,(H,23,27,28). The molecule has 3 N–H and O–H groups in total.